The second-order valence-corrected chi connectivity index (χ2v) is 9.18. The van der Waals surface area contributed by atoms with Crippen molar-refractivity contribution in [1.29, 1.82) is 0 Å². The smallest absolute Gasteiger partial charge is 0.294 e. The van der Waals surface area contributed by atoms with E-state index in [1.165, 1.54) is 0 Å². The Balaban J connectivity index is 1.28. The van der Waals surface area contributed by atoms with Crippen LogP contribution in [0.2, 0.25) is 0 Å². The van der Waals surface area contributed by atoms with Gasteiger partial charge in [-0.1, -0.05) is 72.8 Å². The number of carbonyl (C=O) groups is 3. The van der Waals surface area contributed by atoms with Gasteiger partial charge in [0.15, 0.2) is 0 Å². The molecule has 36 heavy (non-hydrogen) atoms. The summed E-state index contributed by atoms with van der Waals surface area (Å²) >= 11 is 0.812. The van der Waals surface area contributed by atoms with Gasteiger partial charge in [-0.3, -0.25) is 19.3 Å². The number of ether oxygens (including phenoxy) is 1. The molecule has 7 heteroatoms. The van der Waals surface area contributed by atoms with Crippen molar-refractivity contribution >= 4 is 51.4 Å². The highest BCUT2D eigenvalue weighted by Crippen LogP contribution is 2.34. The van der Waals surface area contributed by atoms with E-state index < -0.39 is 17.1 Å². The lowest BCUT2D eigenvalue weighted by Crippen LogP contribution is -2.36. The van der Waals surface area contributed by atoms with Crippen molar-refractivity contribution in [2.45, 2.75) is 6.61 Å². The second kappa shape index (κ2) is 10.5. The van der Waals surface area contributed by atoms with Crippen LogP contribution in [0, 0.1) is 0 Å². The number of thioether (sulfide) groups is 1. The average Bonchev–Trinajstić information content (AvgIpc) is 3.16. The van der Waals surface area contributed by atoms with E-state index in [1.54, 1.807) is 30.3 Å². The van der Waals surface area contributed by atoms with Gasteiger partial charge in [-0.2, -0.15) is 0 Å². The van der Waals surface area contributed by atoms with Gasteiger partial charge in [0, 0.05) is 11.3 Å². The molecule has 1 saturated heterocycles. The summed E-state index contributed by atoms with van der Waals surface area (Å²) in [6.45, 7) is 0.00777. The molecule has 4 aromatic rings. The van der Waals surface area contributed by atoms with Crippen LogP contribution in [0.15, 0.2) is 102 Å². The van der Waals surface area contributed by atoms with Crippen molar-refractivity contribution in [2.75, 3.05) is 11.9 Å². The number of fused-ring (bicyclic) bond motifs is 1. The first-order valence-corrected chi connectivity index (χ1v) is 12.2. The van der Waals surface area contributed by atoms with E-state index in [-0.39, 0.29) is 11.4 Å². The van der Waals surface area contributed by atoms with Crippen LogP contribution in [0.3, 0.4) is 0 Å². The zero-order valence-electron chi connectivity index (χ0n) is 19.2. The summed E-state index contributed by atoms with van der Waals surface area (Å²) in [5.74, 6) is -0.347. The number of imide groups is 1. The second-order valence-electron chi connectivity index (χ2n) is 8.19. The van der Waals surface area contributed by atoms with Crippen molar-refractivity contribution in [1.82, 2.24) is 4.90 Å². The predicted molar refractivity (Wildman–Crippen MR) is 142 cm³/mol. The van der Waals surface area contributed by atoms with Crippen molar-refractivity contribution in [3.63, 3.8) is 0 Å². The molecule has 0 aliphatic carbocycles. The zero-order chi connectivity index (χ0) is 24.9. The Hall–Kier alpha value is -4.36. The monoisotopic (exact) mass is 494 g/mol. The summed E-state index contributed by atoms with van der Waals surface area (Å²) in [4.78, 5) is 39.0. The van der Waals surface area contributed by atoms with E-state index in [0.29, 0.717) is 23.6 Å². The Morgan fingerprint density at radius 2 is 1.58 bits per heavy atom. The van der Waals surface area contributed by atoms with Crippen LogP contribution < -0.4 is 10.1 Å². The minimum atomic E-state index is -0.502. The standard InChI is InChI=1S/C29H22N2O4S/c32-27(30-24-11-2-1-3-12-24)18-31-28(33)26(36-29(31)34)17-23-10-6-7-13-25(23)35-19-20-14-15-21-8-4-5-9-22(21)16-20/h1-17H,18-19H2,(H,30,32). The normalized spacial score (nSPS) is 14.4. The first-order valence-electron chi connectivity index (χ1n) is 11.4. The Bertz CT molecular complexity index is 1480. The van der Waals surface area contributed by atoms with Gasteiger partial charge in [-0.25, -0.2) is 0 Å². The molecular formula is C29H22N2O4S. The van der Waals surface area contributed by atoms with E-state index in [2.05, 4.69) is 29.6 Å². The molecule has 1 fully saturated rings. The fourth-order valence-electron chi connectivity index (χ4n) is 3.86. The lowest BCUT2D eigenvalue weighted by Gasteiger charge is -2.12. The molecule has 0 bridgehead atoms. The number of nitrogens with one attached hydrogen (secondary N) is 1. The summed E-state index contributed by atoms with van der Waals surface area (Å²) in [5, 5.41) is 4.51. The van der Waals surface area contributed by atoms with Crippen molar-refractivity contribution in [2.24, 2.45) is 0 Å². The lowest BCUT2D eigenvalue weighted by atomic mass is 10.1. The molecular weight excluding hydrogens is 472 g/mol. The Labute approximate surface area is 212 Å². The highest BCUT2D eigenvalue weighted by atomic mass is 32.2. The number of nitrogens with zero attached hydrogens (tertiary/aromatic N) is 1. The number of hydrogen-bond acceptors (Lipinski definition) is 5. The van der Waals surface area contributed by atoms with Gasteiger partial charge in [-0.05, 0) is 58.4 Å². The van der Waals surface area contributed by atoms with Crippen molar-refractivity contribution < 1.29 is 19.1 Å². The Morgan fingerprint density at radius 1 is 0.861 bits per heavy atom. The number of benzene rings is 4. The molecule has 1 N–H and O–H groups in total. The van der Waals surface area contributed by atoms with Gasteiger partial charge >= 0.3 is 0 Å². The molecule has 1 aliphatic heterocycles. The van der Waals surface area contributed by atoms with Gasteiger partial charge < -0.3 is 10.1 Å². The van der Waals surface area contributed by atoms with Gasteiger partial charge in [0.25, 0.3) is 11.1 Å². The molecule has 5 rings (SSSR count). The molecule has 1 heterocycles. The van der Waals surface area contributed by atoms with Crippen molar-refractivity contribution in [3.8, 4) is 5.75 Å². The number of carbonyl (C=O) groups excluding carboxylic acids is 3. The number of amides is 3. The maximum atomic E-state index is 12.9. The third-order valence-electron chi connectivity index (χ3n) is 5.65. The van der Waals surface area contributed by atoms with Crippen LogP contribution in [-0.4, -0.2) is 28.5 Å². The minimum absolute atomic E-state index is 0.245. The summed E-state index contributed by atoms with van der Waals surface area (Å²) in [7, 11) is 0. The van der Waals surface area contributed by atoms with Gasteiger partial charge in [-0.15, -0.1) is 0 Å². The maximum absolute atomic E-state index is 12.9. The third-order valence-corrected chi connectivity index (χ3v) is 6.55. The number of para-hydroxylation sites is 2. The van der Waals surface area contributed by atoms with E-state index in [1.807, 2.05) is 48.5 Å². The van der Waals surface area contributed by atoms with Crippen LogP contribution in [-0.2, 0) is 16.2 Å². The van der Waals surface area contributed by atoms with E-state index in [0.717, 1.165) is 33.0 Å². The summed E-state index contributed by atoms with van der Waals surface area (Å²) < 4.78 is 6.07. The molecule has 178 valence electrons. The molecule has 4 aromatic carbocycles. The van der Waals surface area contributed by atoms with E-state index >= 15 is 0 Å². The molecule has 0 unspecified atom stereocenters. The average molecular weight is 495 g/mol. The van der Waals surface area contributed by atoms with Crippen LogP contribution in [0.1, 0.15) is 11.1 Å². The summed E-state index contributed by atoms with van der Waals surface area (Å²) in [6, 6.07) is 30.5. The first-order chi connectivity index (χ1) is 17.6. The fourth-order valence-corrected chi connectivity index (χ4v) is 4.69. The lowest BCUT2D eigenvalue weighted by molar-refractivity contribution is -0.127. The van der Waals surface area contributed by atoms with Crippen molar-refractivity contribution in [3.05, 3.63) is 113 Å². The summed E-state index contributed by atoms with van der Waals surface area (Å²) in [6.07, 6.45) is 1.63. The Morgan fingerprint density at radius 3 is 2.42 bits per heavy atom. The minimum Gasteiger partial charge on any atom is -0.488 e. The molecule has 3 amide bonds. The Kier molecular flexibility index (Phi) is 6.82. The molecule has 0 radical (unpaired) electrons. The van der Waals surface area contributed by atoms with Gasteiger partial charge in [0.05, 0.1) is 4.91 Å². The van der Waals surface area contributed by atoms with Gasteiger partial charge in [0.2, 0.25) is 5.91 Å². The number of rotatable bonds is 7. The maximum Gasteiger partial charge on any atom is 0.294 e. The number of anilines is 1. The molecule has 1 aliphatic rings. The predicted octanol–water partition coefficient (Wildman–Crippen LogP) is 6.09. The largest absolute Gasteiger partial charge is 0.488 e. The van der Waals surface area contributed by atoms with E-state index in [9.17, 15) is 14.4 Å². The van der Waals surface area contributed by atoms with Gasteiger partial charge in [0.1, 0.15) is 18.9 Å². The summed E-state index contributed by atoms with van der Waals surface area (Å²) in [5.41, 5.74) is 2.30. The first kappa shape index (κ1) is 23.4. The van der Waals surface area contributed by atoms with Crippen LogP contribution >= 0.6 is 11.8 Å². The topological polar surface area (TPSA) is 75.7 Å². The number of hydrogen-bond donors (Lipinski definition) is 1. The highest BCUT2D eigenvalue weighted by molar-refractivity contribution is 8.18. The van der Waals surface area contributed by atoms with Crippen LogP contribution in [0.5, 0.6) is 5.75 Å². The molecule has 0 saturated carbocycles. The molecule has 0 atom stereocenters. The zero-order valence-corrected chi connectivity index (χ0v) is 20.0. The molecule has 0 aromatic heterocycles. The van der Waals surface area contributed by atoms with Crippen LogP contribution in [0.25, 0.3) is 16.8 Å². The quantitative estimate of drug-likeness (QED) is 0.315. The molecule has 6 nitrogen and oxygen atoms in total. The molecule has 0 spiro atoms. The van der Waals surface area contributed by atoms with E-state index in [4.69, 9.17) is 4.74 Å². The highest BCUT2D eigenvalue weighted by Gasteiger charge is 2.36. The third kappa shape index (κ3) is 5.31. The SMILES string of the molecule is O=C(CN1C(=O)SC(=Cc2ccccc2OCc2ccc3ccccc3c2)C1=O)Nc1ccccc1. The fraction of sp³-hybridized carbons (Fsp3) is 0.0690. The van der Waals surface area contributed by atoms with Crippen LogP contribution in [0.4, 0.5) is 10.5 Å².